The van der Waals surface area contributed by atoms with Crippen molar-refractivity contribution in [3.8, 4) is 0 Å². The maximum Gasteiger partial charge on any atom is 0.379 e. The Bertz CT molecular complexity index is 21.4. The monoisotopic (exact) mass is 116 g/mol. The molecule has 1 nitrogen and oxygen atoms in total. The lowest BCUT2D eigenvalue weighted by Gasteiger charge is -1.65. The van der Waals surface area contributed by atoms with Crippen LogP contribution in [0.1, 0.15) is 0 Å². The molecule has 0 bridgehead atoms. The molecule has 0 aromatic heterocycles. The van der Waals surface area contributed by atoms with E-state index in [0.29, 0.717) is 0 Å². The minimum atomic E-state index is -3.67. The topological polar surface area (TPSA) is 16.6 Å². The molecule has 0 aromatic rings. The molecule has 0 aliphatic carbocycles. The SMILES string of the molecule is C[NH2+]C.FC(F)F. The zero-order chi connectivity index (χ0) is 6.28. The van der Waals surface area contributed by atoms with E-state index in [1.54, 1.807) is 0 Å². The van der Waals surface area contributed by atoms with Crippen molar-refractivity contribution >= 4 is 0 Å². The highest BCUT2D eigenvalue weighted by Gasteiger charge is 1.86. The third kappa shape index (κ3) is 1290. The highest BCUT2D eigenvalue weighted by Crippen LogP contribution is 1.87. The summed E-state index contributed by atoms with van der Waals surface area (Å²) < 4.78 is 29.0. The smallest absolute Gasteiger partial charge is 0.351 e. The van der Waals surface area contributed by atoms with Crippen LogP contribution < -0.4 is 5.32 Å². The van der Waals surface area contributed by atoms with Crippen LogP contribution in [0.25, 0.3) is 0 Å². The van der Waals surface area contributed by atoms with Gasteiger partial charge in [0.05, 0.1) is 14.1 Å². The first-order chi connectivity index (χ1) is 3.15. The number of rotatable bonds is 0. The standard InChI is InChI=1S/C2H7N.CHF3/c1-3-2;2-1(3)4/h3H,1-2H3;1H/p+1. The molecule has 4 heteroatoms. The summed E-state index contributed by atoms with van der Waals surface area (Å²) in [5.74, 6) is 0. The fourth-order valence-electron chi connectivity index (χ4n) is 0. The molecule has 0 fully saturated rings. The third-order valence-electron chi connectivity index (χ3n) is 0. The number of nitrogens with two attached hydrogens (primary N) is 1. The van der Waals surface area contributed by atoms with E-state index in [0.717, 1.165) is 0 Å². The van der Waals surface area contributed by atoms with Gasteiger partial charge in [0.15, 0.2) is 0 Å². The average molecular weight is 116 g/mol. The number of hydrogen-bond acceptors (Lipinski definition) is 0. The first kappa shape index (κ1) is 9.89. The van der Waals surface area contributed by atoms with E-state index in [4.69, 9.17) is 0 Å². The fourth-order valence-corrected chi connectivity index (χ4v) is 0. The predicted octanol–water partition coefficient (Wildman–Crippen LogP) is -0.0121. The van der Waals surface area contributed by atoms with Gasteiger partial charge in [0.25, 0.3) is 0 Å². The van der Waals surface area contributed by atoms with Gasteiger partial charge < -0.3 is 5.32 Å². The molecule has 46 valence electrons. The maximum absolute atomic E-state index is 9.67. The molecule has 0 aliphatic rings. The number of quaternary nitrogens is 1. The van der Waals surface area contributed by atoms with Crippen molar-refractivity contribution < 1.29 is 18.5 Å². The third-order valence-corrected chi connectivity index (χ3v) is 0. The zero-order valence-electron chi connectivity index (χ0n) is 4.29. The maximum atomic E-state index is 9.67. The van der Waals surface area contributed by atoms with E-state index in [1.165, 1.54) is 0 Å². The summed E-state index contributed by atoms with van der Waals surface area (Å²) in [6, 6.07) is 0. The quantitative estimate of drug-likeness (QED) is 0.458. The number of alkyl halides is 3. The summed E-state index contributed by atoms with van der Waals surface area (Å²) in [6.45, 7) is -3.67. The lowest BCUT2D eigenvalue weighted by molar-refractivity contribution is -0.597. The van der Waals surface area contributed by atoms with E-state index in [1.807, 2.05) is 19.4 Å². The van der Waals surface area contributed by atoms with Crippen molar-refractivity contribution in [1.29, 1.82) is 0 Å². The largest absolute Gasteiger partial charge is 0.379 e. The Kier molecular flexibility index (Phi) is 13.0. The van der Waals surface area contributed by atoms with E-state index >= 15 is 0 Å². The Balaban J connectivity index is 0. The van der Waals surface area contributed by atoms with Gasteiger partial charge in [-0.3, -0.25) is 0 Å². The zero-order valence-corrected chi connectivity index (χ0v) is 4.29. The Labute approximate surface area is 40.5 Å². The van der Waals surface area contributed by atoms with Crippen LogP contribution in [-0.4, -0.2) is 20.8 Å². The second kappa shape index (κ2) is 9.23. The molecule has 0 radical (unpaired) electrons. The van der Waals surface area contributed by atoms with Crippen LogP contribution in [0.5, 0.6) is 0 Å². The van der Waals surface area contributed by atoms with E-state index in [2.05, 4.69) is 0 Å². The van der Waals surface area contributed by atoms with Crippen LogP contribution in [0.15, 0.2) is 0 Å². The van der Waals surface area contributed by atoms with Crippen LogP contribution in [0, 0.1) is 0 Å². The van der Waals surface area contributed by atoms with Crippen molar-refractivity contribution in [2.75, 3.05) is 14.1 Å². The van der Waals surface area contributed by atoms with Crippen molar-refractivity contribution in [1.82, 2.24) is 0 Å². The summed E-state index contributed by atoms with van der Waals surface area (Å²) in [6.07, 6.45) is 0. The molecule has 7 heavy (non-hydrogen) atoms. The molecule has 2 N–H and O–H groups in total. The van der Waals surface area contributed by atoms with Crippen LogP contribution >= 0.6 is 0 Å². The van der Waals surface area contributed by atoms with Crippen molar-refractivity contribution in [2.24, 2.45) is 0 Å². The molecule has 0 unspecified atom stereocenters. The average Bonchev–Trinajstić information content (AvgIpc) is 1.33. The van der Waals surface area contributed by atoms with Gasteiger partial charge in [0.2, 0.25) is 0 Å². The summed E-state index contributed by atoms with van der Waals surface area (Å²) in [5.41, 5.74) is 0. The molecule has 0 saturated carbocycles. The molecule has 0 spiro atoms. The van der Waals surface area contributed by atoms with Gasteiger partial charge in [-0.15, -0.1) is 0 Å². The molecule has 0 atom stereocenters. The Morgan fingerprint density at radius 2 is 1.14 bits per heavy atom. The van der Waals surface area contributed by atoms with Crippen LogP contribution in [0.3, 0.4) is 0 Å². The normalized spacial score (nSPS) is 7.71. The molecule has 0 saturated heterocycles. The Morgan fingerprint density at radius 1 is 1.14 bits per heavy atom. The van der Waals surface area contributed by atoms with Crippen LogP contribution in [0.2, 0.25) is 0 Å². The van der Waals surface area contributed by atoms with E-state index in [-0.39, 0.29) is 0 Å². The highest BCUT2D eigenvalue weighted by molar-refractivity contribution is 3.83. The van der Waals surface area contributed by atoms with Gasteiger partial charge in [-0.1, -0.05) is 0 Å². The predicted molar refractivity (Wildman–Crippen MR) is 20.9 cm³/mol. The first-order valence-electron chi connectivity index (χ1n) is 1.81. The summed E-state index contributed by atoms with van der Waals surface area (Å²) in [5, 5.41) is 2.00. The van der Waals surface area contributed by atoms with Gasteiger partial charge in [0, 0.05) is 0 Å². The minimum Gasteiger partial charge on any atom is -0.351 e. The highest BCUT2D eigenvalue weighted by atomic mass is 19.4. The van der Waals surface area contributed by atoms with Gasteiger partial charge in [-0.25, -0.2) is 0 Å². The fraction of sp³-hybridized carbons (Fsp3) is 1.00. The van der Waals surface area contributed by atoms with E-state index < -0.39 is 6.68 Å². The van der Waals surface area contributed by atoms with Crippen molar-refractivity contribution in [2.45, 2.75) is 6.68 Å². The second-order valence-corrected chi connectivity index (χ2v) is 0.825. The number of hydrogen-bond donors (Lipinski definition) is 1. The molecule has 0 amide bonds. The van der Waals surface area contributed by atoms with Crippen molar-refractivity contribution in [3.05, 3.63) is 0 Å². The summed E-state index contributed by atoms with van der Waals surface area (Å²) >= 11 is 0. The van der Waals surface area contributed by atoms with Gasteiger partial charge in [0.1, 0.15) is 0 Å². The van der Waals surface area contributed by atoms with Gasteiger partial charge >= 0.3 is 6.68 Å². The van der Waals surface area contributed by atoms with Crippen LogP contribution in [-0.2, 0) is 0 Å². The summed E-state index contributed by atoms with van der Waals surface area (Å²) in [7, 11) is 4.00. The van der Waals surface area contributed by atoms with E-state index in [9.17, 15) is 13.2 Å². The van der Waals surface area contributed by atoms with Crippen molar-refractivity contribution in [3.63, 3.8) is 0 Å². The van der Waals surface area contributed by atoms with Crippen LogP contribution in [0.4, 0.5) is 13.2 Å². The lowest BCUT2D eigenvalue weighted by atomic mass is 11.3. The molecule has 0 aliphatic heterocycles. The van der Waals surface area contributed by atoms with Gasteiger partial charge in [-0.05, 0) is 0 Å². The molecule has 0 rings (SSSR count). The second-order valence-electron chi connectivity index (χ2n) is 0.825. The minimum absolute atomic E-state index is 2.00. The molecule has 0 aromatic carbocycles. The van der Waals surface area contributed by atoms with Gasteiger partial charge in [-0.2, -0.15) is 13.2 Å². The number of halogens is 3. The lowest BCUT2D eigenvalue weighted by Crippen LogP contribution is -2.74. The Morgan fingerprint density at radius 3 is 1.14 bits per heavy atom. The summed E-state index contributed by atoms with van der Waals surface area (Å²) in [4.78, 5) is 0. The molecular weight excluding hydrogens is 107 g/mol. The Hall–Kier alpha value is -0.250. The molecule has 0 heterocycles. The first-order valence-corrected chi connectivity index (χ1v) is 1.81. The molecular formula is C3H9F3N+.